The van der Waals surface area contributed by atoms with Crippen LogP contribution >= 0.6 is 39.1 Å². The van der Waals surface area contributed by atoms with E-state index in [0.29, 0.717) is 9.50 Å². The SMILES string of the molecule is Cn1cc(Br)c(C(=O)Nc2cc(Oc3ccc(Cl)cc3Cl)cc([N+](=O)[O-])c2)n1. The van der Waals surface area contributed by atoms with Crippen LogP contribution in [0.1, 0.15) is 10.5 Å². The Kier molecular flexibility index (Phi) is 5.87. The zero-order chi connectivity index (χ0) is 20.4. The summed E-state index contributed by atoms with van der Waals surface area (Å²) >= 11 is 15.2. The Labute approximate surface area is 177 Å². The van der Waals surface area contributed by atoms with E-state index in [0.717, 1.165) is 0 Å². The Morgan fingerprint density at radius 2 is 2.04 bits per heavy atom. The molecule has 1 N–H and O–H groups in total. The first-order chi connectivity index (χ1) is 13.2. The Hall–Kier alpha value is -2.62. The predicted octanol–water partition coefficient (Wildman–Crippen LogP) is 5.44. The van der Waals surface area contributed by atoms with Gasteiger partial charge in [0, 0.05) is 30.4 Å². The van der Waals surface area contributed by atoms with Crippen molar-refractivity contribution < 1.29 is 14.5 Å². The topological polar surface area (TPSA) is 99.3 Å². The number of ether oxygens (including phenoxy) is 1. The molecule has 28 heavy (non-hydrogen) atoms. The number of nitrogens with one attached hydrogen (secondary N) is 1. The molecule has 0 radical (unpaired) electrons. The third-order valence-corrected chi connectivity index (χ3v) is 4.59. The molecular weight excluding hydrogens is 475 g/mol. The first-order valence-electron chi connectivity index (χ1n) is 7.66. The van der Waals surface area contributed by atoms with Crippen LogP contribution in [0.3, 0.4) is 0 Å². The molecule has 0 spiro atoms. The van der Waals surface area contributed by atoms with Crippen LogP contribution in [-0.2, 0) is 7.05 Å². The Morgan fingerprint density at radius 1 is 1.29 bits per heavy atom. The molecule has 144 valence electrons. The van der Waals surface area contributed by atoms with E-state index in [2.05, 4.69) is 26.3 Å². The first kappa shape index (κ1) is 20.1. The van der Waals surface area contributed by atoms with Crippen LogP contribution in [0, 0.1) is 10.1 Å². The number of benzene rings is 2. The van der Waals surface area contributed by atoms with Gasteiger partial charge in [0.2, 0.25) is 0 Å². The number of nitro benzene ring substituents is 1. The van der Waals surface area contributed by atoms with Gasteiger partial charge < -0.3 is 10.1 Å². The summed E-state index contributed by atoms with van der Waals surface area (Å²) in [6, 6.07) is 8.46. The summed E-state index contributed by atoms with van der Waals surface area (Å²) in [5, 5.41) is 18.5. The monoisotopic (exact) mass is 484 g/mol. The van der Waals surface area contributed by atoms with Gasteiger partial charge in [-0.1, -0.05) is 23.2 Å². The zero-order valence-electron chi connectivity index (χ0n) is 14.1. The highest BCUT2D eigenvalue weighted by Gasteiger charge is 2.18. The van der Waals surface area contributed by atoms with Crippen LogP contribution in [0.4, 0.5) is 11.4 Å². The summed E-state index contributed by atoms with van der Waals surface area (Å²) in [7, 11) is 1.66. The number of amides is 1. The second-order valence-electron chi connectivity index (χ2n) is 5.60. The van der Waals surface area contributed by atoms with Crippen molar-refractivity contribution >= 4 is 56.4 Å². The number of hydrogen-bond acceptors (Lipinski definition) is 5. The number of non-ortho nitro benzene ring substituents is 1. The summed E-state index contributed by atoms with van der Waals surface area (Å²) in [5.41, 5.74) is 0.0343. The molecule has 0 saturated carbocycles. The van der Waals surface area contributed by atoms with Gasteiger partial charge in [0.1, 0.15) is 11.5 Å². The molecule has 0 bridgehead atoms. The highest BCUT2D eigenvalue weighted by atomic mass is 79.9. The van der Waals surface area contributed by atoms with Gasteiger partial charge >= 0.3 is 0 Å². The van der Waals surface area contributed by atoms with Crippen LogP contribution in [0.15, 0.2) is 47.1 Å². The molecule has 3 rings (SSSR count). The van der Waals surface area contributed by atoms with Gasteiger partial charge in [0.25, 0.3) is 11.6 Å². The maximum absolute atomic E-state index is 12.4. The smallest absolute Gasteiger partial charge is 0.277 e. The lowest BCUT2D eigenvalue weighted by Gasteiger charge is -2.10. The van der Waals surface area contributed by atoms with Gasteiger partial charge in [-0.3, -0.25) is 19.6 Å². The number of anilines is 1. The molecule has 8 nitrogen and oxygen atoms in total. The lowest BCUT2D eigenvalue weighted by molar-refractivity contribution is -0.384. The van der Waals surface area contributed by atoms with Crippen molar-refractivity contribution in [3.05, 3.63) is 72.9 Å². The minimum atomic E-state index is -0.595. The molecule has 1 aromatic heterocycles. The third-order valence-electron chi connectivity index (χ3n) is 3.48. The van der Waals surface area contributed by atoms with Gasteiger partial charge in [0.05, 0.1) is 26.2 Å². The molecule has 0 aliphatic heterocycles. The van der Waals surface area contributed by atoms with E-state index in [1.165, 1.54) is 35.0 Å². The quantitative estimate of drug-likeness (QED) is 0.383. The molecule has 1 amide bonds. The number of aryl methyl sites for hydroxylation is 1. The van der Waals surface area contributed by atoms with E-state index >= 15 is 0 Å². The number of halogens is 3. The molecule has 3 aromatic rings. The maximum Gasteiger partial charge on any atom is 0.277 e. The molecule has 11 heteroatoms. The number of carbonyl (C=O) groups is 1. The number of hydrogen-bond donors (Lipinski definition) is 1. The molecule has 0 atom stereocenters. The van der Waals surface area contributed by atoms with E-state index in [-0.39, 0.29) is 33.6 Å². The average Bonchev–Trinajstić information content (AvgIpc) is 2.95. The van der Waals surface area contributed by atoms with Crippen molar-refractivity contribution in [3.63, 3.8) is 0 Å². The summed E-state index contributed by atoms with van der Waals surface area (Å²) in [4.78, 5) is 23.1. The molecule has 0 saturated heterocycles. The van der Waals surface area contributed by atoms with E-state index in [1.807, 2.05) is 0 Å². The standard InChI is InChI=1S/C17H11BrCl2N4O4/c1-23-8-13(18)16(22-23)17(25)21-10-5-11(24(26)27)7-12(6-10)28-15-3-2-9(19)4-14(15)20/h2-8H,1H3,(H,21,25). The number of nitrogens with zero attached hydrogens (tertiary/aromatic N) is 3. The number of carbonyl (C=O) groups excluding carboxylic acids is 1. The highest BCUT2D eigenvalue weighted by molar-refractivity contribution is 9.10. The fourth-order valence-electron chi connectivity index (χ4n) is 2.31. The molecule has 0 aliphatic rings. The van der Waals surface area contributed by atoms with Crippen LogP contribution in [0.25, 0.3) is 0 Å². The van der Waals surface area contributed by atoms with Gasteiger partial charge in [-0.15, -0.1) is 0 Å². The van der Waals surface area contributed by atoms with Crippen molar-refractivity contribution in [3.8, 4) is 11.5 Å². The number of nitro groups is 1. The zero-order valence-corrected chi connectivity index (χ0v) is 17.2. The maximum atomic E-state index is 12.4. The van der Waals surface area contributed by atoms with Crippen molar-refractivity contribution in [2.45, 2.75) is 0 Å². The van der Waals surface area contributed by atoms with Gasteiger partial charge in [-0.05, 0) is 34.1 Å². The van der Waals surface area contributed by atoms with E-state index in [1.54, 1.807) is 19.3 Å². The van der Waals surface area contributed by atoms with Gasteiger partial charge in [-0.2, -0.15) is 5.10 Å². The van der Waals surface area contributed by atoms with E-state index < -0.39 is 10.8 Å². The van der Waals surface area contributed by atoms with Crippen LogP contribution in [0.5, 0.6) is 11.5 Å². The van der Waals surface area contributed by atoms with E-state index in [9.17, 15) is 14.9 Å². The fourth-order valence-corrected chi connectivity index (χ4v) is 3.31. The Balaban J connectivity index is 1.92. The minimum absolute atomic E-state index is 0.119. The molecule has 1 heterocycles. The van der Waals surface area contributed by atoms with Crippen molar-refractivity contribution in [1.29, 1.82) is 0 Å². The average molecular weight is 486 g/mol. The molecule has 2 aromatic carbocycles. The summed E-state index contributed by atoms with van der Waals surface area (Å²) in [6.07, 6.45) is 1.61. The lowest BCUT2D eigenvalue weighted by Crippen LogP contribution is -2.13. The van der Waals surface area contributed by atoms with Crippen LogP contribution < -0.4 is 10.1 Å². The van der Waals surface area contributed by atoms with Crippen molar-refractivity contribution in [1.82, 2.24) is 9.78 Å². The summed E-state index contributed by atoms with van der Waals surface area (Å²) < 4.78 is 7.59. The second-order valence-corrected chi connectivity index (χ2v) is 7.30. The Bertz CT molecular complexity index is 1090. The van der Waals surface area contributed by atoms with E-state index in [4.69, 9.17) is 27.9 Å². The van der Waals surface area contributed by atoms with Gasteiger partial charge in [0.15, 0.2) is 5.69 Å². The lowest BCUT2D eigenvalue weighted by atomic mass is 10.2. The number of aromatic nitrogens is 2. The predicted molar refractivity (Wildman–Crippen MR) is 108 cm³/mol. The van der Waals surface area contributed by atoms with Crippen molar-refractivity contribution in [2.75, 3.05) is 5.32 Å². The molecular formula is C17H11BrCl2N4O4. The Morgan fingerprint density at radius 3 is 2.64 bits per heavy atom. The highest BCUT2D eigenvalue weighted by Crippen LogP contribution is 2.34. The first-order valence-corrected chi connectivity index (χ1v) is 9.20. The fraction of sp³-hybridized carbons (Fsp3) is 0.0588. The minimum Gasteiger partial charge on any atom is -0.455 e. The summed E-state index contributed by atoms with van der Waals surface area (Å²) in [5.74, 6) is -0.159. The third kappa shape index (κ3) is 4.61. The number of rotatable bonds is 5. The second kappa shape index (κ2) is 8.17. The van der Waals surface area contributed by atoms with Crippen molar-refractivity contribution in [2.24, 2.45) is 7.05 Å². The van der Waals surface area contributed by atoms with Gasteiger partial charge in [-0.25, -0.2) is 0 Å². The largest absolute Gasteiger partial charge is 0.455 e. The molecule has 0 fully saturated rings. The normalized spacial score (nSPS) is 10.6. The molecule has 0 aliphatic carbocycles. The summed E-state index contributed by atoms with van der Waals surface area (Å²) in [6.45, 7) is 0. The molecule has 0 unspecified atom stereocenters. The van der Waals surface area contributed by atoms with Crippen LogP contribution in [0.2, 0.25) is 10.0 Å². The van der Waals surface area contributed by atoms with Crippen LogP contribution in [-0.4, -0.2) is 20.6 Å².